The number of carbonyl (C=O) groups is 2. The molecule has 2 N–H and O–H groups in total. The maximum Gasteiger partial charge on any atom is 0.309 e. The Kier molecular flexibility index (Phi) is 6.95. The molecule has 0 aromatic heterocycles. The van der Waals surface area contributed by atoms with Crippen LogP contribution in [-0.4, -0.2) is 32.3 Å². The average Bonchev–Trinajstić information content (AvgIpc) is 2.45. The van der Waals surface area contributed by atoms with Crippen LogP contribution in [0.1, 0.15) is 19.3 Å². The first-order chi connectivity index (χ1) is 9.63. The lowest BCUT2D eigenvalue weighted by atomic mass is 10.3. The average molecular weight is 281 g/mol. The predicted octanol–water partition coefficient (Wildman–Crippen LogP) is 1.53. The van der Waals surface area contributed by atoms with Crippen molar-refractivity contribution in [2.75, 3.05) is 26.1 Å². The van der Waals surface area contributed by atoms with Gasteiger partial charge in [-0.3, -0.25) is 9.59 Å². The van der Waals surface area contributed by atoms with Crippen LogP contribution in [0.4, 0.5) is 5.69 Å². The lowest BCUT2D eigenvalue weighted by Crippen LogP contribution is -2.12. The van der Waals surface area contributed by atoms with Gasteiger partial charge in [0.05, 0.1) is 32.4 Å². The molecule has 110 valence electrons. The van der Waals surface area contributed by atoms with Crippen molar-refractivity contribution in [2.45, 2.75) is 19.3 Å². The summed E-state index contributed by atoms with van der Waals surface area (Å²) < 4.78 is 14.8. The number of rotatable bonds is 8. The minimum absolute atomic E-state index is 0.132. The van der Waals surface area contributed by atoms with Crippen LogP contribution in [0, 0.1) is 0 Å². The predicted molar refractivity (Wildman–Crippen MR) is 73.2 cm³/mol. The summed E-state index contributed by atoms with van der Waals surface area (Å²) in [7, 11) is 1.32. The molecule has 0 spiro atoms. The fourth-order valence-electron chi connectivity index (χ4n) is 1.43. The standard InChI is InChI=1S/C14H19NO5/c1-18-13(16)7-4-9-20-14(17)8-10-19-12-6-3-2-5-11(12)15/h2-3,5-6H,4,7-10,15H2,1H3. The summed E-state index contributed by atoms with van der Waals surface area (Å²) in [5.41, 5.74) is 6.22. The van der Waals surface area contributed by atoms with Crippen LogP contribution in [-0.2, 0) is 19.1 Å². The second-order valence-electron chi connectivity index (χ2n) is 4.04. The summed E-state index contributed by atoms with van der Waals surface area (Å²) in [6.07, 6.45) is 0.818. The fraction of sp³-hybridized carbons (Fsp3) is 0.429. The van der Waals surface area contributed by atoms with Gasteiger partial charge in [-0.05, 0) is 18.6 Å². The molecule has 0 fully saturated rings. The molecule has 0 saturated heterocycles. The first kappa shape index (κ1) is 15.8. The Bertz CT molecular complexity index is 447. The lowest BCUT2D eigenvalue weighted by Gasteiger charge is -2.08. The molecule has 0 atom stereocenters. The topological polar surface area (TPSA) is 87.8 Å². The quantitative estimate of drug-likeness (QED) is 0.442. The van der Waals surface area contributed by atoms with Gasteiger partial charge in [0.25, 0.3) is 0 Å². The van der Waals surface area contributed by atoms with Gasteiger partial charge < -0.3 is 19.9 Å². The van der Waals surface area contributed by atoms with Crippen LogP contribution in [0.3, 0.4) is 0 Å². The highest BCUT2D eigenvalue weighted by atomic mass is 16.5. The van der Waals surface area contributed by atoms with E-state index in [1.807, 2.05) is 0 Å². The summed E-state index contributed by atoms with van der Waals surface area (Å²) in [5.74, 6) is -0.140. The number of nitrogen functional groups attached to an aromatic ring is 1. The highest BCUT2D eigenvalue weighted by molar-refractivity contribution is 5.70. The highest BCUT2D eigenvalue weighted by Crippen LogP contribution is 2.19. The van der Waals surface area contributed by atoms with Crippen LogP contribution >= 0.6 is 0 Å². The number of esters is 2. The van der Waals surface area contributed by atoms with Crippen molar-refractivity contribution in [1.29, 1.82) is 0 Å². The van der Waals surface area contributed by atoms with Gasteiger partial charge in [-0.1, -0.05) is 12.1 Å². The Morgan fingerprint density at radius 3 is 2.55 bits per heavy atom. The number of nitrogens with two attached hydrogens (primary N) is 1. The second kappa shape index (κ2) is 8.79. The van der Waals surface area contributed by atoms with Crippen molar-refractivity contribution in [3.8, 4) is 5.75 Å². The van der Waals surface area contributed by atoms with Crippen molar-refractivity contribution >= 4 is 17.6 Å². The number of hydrogen-bond donors (Lipinski definition) is 1. The van der Waals surface area contributed by atoms with E-state index >= 15 is 0 Å². The molecule has 0 aliphatic rings. The van der Waals surface area contributed by atoms with Gasteiger partial charge in [-0.25, -0.2) is 0 Å². The van der Waals surface area contributed by atoms with E-state index in [2.05, 4.69) is 4.74 Å². The highest BCUT2D eigenvalue weighted by Gasteiger charge is 2.06. The van der Waals surface area contributed by atoms with Crippen molar-refractivity contribution in [3.63, 3.8) is 0 Å². The van der Waals surface area contributed by atoms with Crippen LogP contribution in [0.15, 0.2) is 24.3 Å². The minimum atomic E-state index is -0.371. The first-order valence-electron chi connectivity index (χ1n) is 6.33. The van der Waals surface area contributed by atoms with E-state index in [0.29, 0.717) is 17.9 Å². The van der Waals surface area contributed by atoms with Gasteiger partial charge in [0, 0.05) is 6.42 Å². The van der Waals surface area contributed by atoms with E-state index in [9.17, 15) is 9.59 Å². The third-order valence-corrected chi connectivity index (χ3v) is 2.50. The molecule has 0 unspecified atom stereocenters. The third-order valence-electron chi connectivity index (χ3n) is 2.50. The maximum absolute atomic E-state index is 11.4. The van der Waals surface area contributed by atoms with Crippen molar-refractivity contribution in [3.05, 3.63) is 24.3 Å². The van der Waals surface area contributed by atoms with E-state index in [1.165, 1.54) is 7.11 Å². The molecular weight excluding hydrogens is 262 g/mol. The summed E-state index contributed by atoms with van der Waals surface area (Å²) in [6, 6.07) is 7.06. The zero-order valence-corrected chi connectivity index (χ0v) is 11.5. The number of para-hydroxylation sites is 2. The number of methoxy groups -OCH3 is 1. The van der Waals surface area contributed by atoms with Gasteiger partial charge >= 0.3 is 11.9 Å². The number of ether oxygens (including phenoxy) is 3. The van der Waals surface area contributed by atoms with Gasteiger partial charge in [0.1, 0.15) is 5.75 Å². The summed E-state index contributed by atoms with van der Waals surface area (Å²) >= 11 is 0. The zero-order chi connectivity index (χ0) is 14.8. The molecule has 6 heteroatoms. The summed E-state index contributed by atoms with van der Waals surface area (Å²) in [4.78, 5) is 22.2. The van der Waals surface area contributed by atoms with Gasteiger partial charge in [-0.15, -0.1) is 0 Å². The first-order valence-corrected chi connectivity index (χ1v) is 6.33. The molecule has 1 aromatic rings. The molecule has 20 heavy (non-hydrogen) atoms. The molecule has 1 aromatic carbocycles. The second-order valence-corrected chi connectivity index (χ2v) is 4.04. The molecule has 6 nitrogen and oxygen atoms in total. The van der Waals surface area contributed by atoms with Crippen molar-refractivity contribution in [2.24, 2.45) is 0 Å². The normalized spacial score (nSPS) is 9.85. The Morgan fingerprint density at radius 2 is 1.85 bits per heavy atom. The molecule has 0 radical (unpaired) electrons. The smallest absolute Gasteiger partial charge is 0.309 e. The number of carbonyl (C=O) groups excluding carboxylic acids is 2. The largest absolute Gasteiger partial charge is 0.491 e. The third kappa shape index (κ3) is 6.08. The summed E-state index contributed by atoms with van der Waals surface area (Å²) in [5, 5.41) is 0. The molecular formula is C14H19NO5. The zero-order valence-electron chi connectivity index (χ0n) is 11.5. The monoisotopic (exact) mass is 281 g/mol. The van der Waals surface area contributed by atoms with Crippen molar-refractivity contribution < 1.29 is 23.8 Å². The Balaban J connectivity index is 2.11. The molecule has 0 aliphatic heterocycles. The molecule has 0 saturated carbocycles. The van der Waals surface area contributed by atoms with Crippen LogP contribution in [0.5, 0.6) is 5.75 Å². The Morgan fingerprint density at radius 1 is 1.10 bits per heavy atom. The molecule has 0 aliphatic carbocycles. The van der Waals surface area contributed by atoms with Crippen LogP contribution < -0.4 is 10.5 Å². The van der Waals surface area contributed by atoms with E-state index in [4.69, 9.17) is 15.2 Å². The Hall–Kier alpha value is -2.24. The molecule has 0 bridgehead atoms. The molecule has 1 rings (SSSR count). The van der Waals surface area contributed by atoms with E-state index in [0.717, 1.165) is 0 Å². The van der Waals surface area contributed by atoms with E-state index < -0.39 is 0 Å². The maximum atomic E-state index is 11.4. The Labute approximate surface area is 117 Å². The lowest BCUT2D eigenvalue weighted by molar-refractivity contribution is -0.146. The fourth-order valence-corrected chi connectivity index (χ4v) is 1.43. The van der Waals surface area contributed by atoms with Gasteiger partial charge in [-0.2, -0.15) is 0 Å². The van der Waals surface area contributed by atoms with Crippen LogP contribution in [0.2, 0.25) is 0 Å². The number of benzene rings is 1. The van der Waals surface area contributed by atoms with Gasteiger partial charge in [0.15, 0.2) is 0 Å². The van der Waals surface area contributed by atoms with E-state index in [1.54, 1.807) is 24.3 Å². The van der Waals surface area contributed by atoms with Crippen molar-refractivity contribution in [1.82, 2.24) is 0 Å². The number of anilines is 1. The van der Waals surface area contributed by atoms with Gasteiger partial charge in [0.2, 0.25) is 0 Å². The SMILES string of the molecule is COC(=O)CCCOC(=O)CCOc1ccccc1N. The van der Waals surface area contributed by atoms with Crippen LogP contribution in [0.25, 0.3) is 0 Å². The minimum Gasteiger partial charge on any atom is -0.491 e. The van der Waals surface area contributed by atoms with E-state index in [-0.39, 0.29) is 38.0 Å². The molecule has 0 heterocycles. The number of hydrogen-bond acceptors (Lipinski definition) is 6. The molecule has 0 amide bonds. The summed E-state index contributed by atoms with van der Waals surface area (Å²) in [6.45, 7) is 0.394.